The van der Waals surface area contributed by atoms with Crippen molar-refractivity contribution in [2.75, 3.05) is 0 Å². The fourth-order valence-corrected chi connectivity index (χ4v) is 2.28. The maximum Gasteiger partial charge on any atom is 0.159 e. The van der Waals surface area contributed by atoms with E-state index < -0.39 is 17.7 Å². The SMILES string of the molecule is Cc1cc(Br)ccc1C(O)c1ccc(F)c(F)c1. The minimum absolute atomic E-state index is 0.333. The number of halogens is 3. The van der Waals surface area contributed by atoms with Crippen molar-refractivity contribution in [2.24, 2.45) is 0 Å². The molecule has 0 aliphatic carbocycles. The molecule has 0 radical (unpaired) electrons. The van der Waals surface area contributed by atoms with E-state index in [0.29, 0.717) is 11.1 Å². The van der Waals surface area contributed by atoms with Crippen LogP contribution >= 0.6 is 15.9 Å². The van der Waals surface area contributed by atoms with Gasteiger partial charge in [-0.3, -0.25) is 0 Å². The highest BCUT2D eigenvalue weighted by molar-refractivity contribution is 9.10. The van der Waals surface area contributed by atoms with Gasteiger partial charge in [0.25, 0.3) is 0 Å². The van der Waals surface area contributed by atoms with Gasteiger partial charge in [-0.1, -0.05) is 28.1 Å². The smallest absolute Gasteiger partial charge is 0.159 e. The van der Waals surface area contributed by atoms with Crippen LogP contribution in [0.2, 0.25) is 0 Å². The van der Waals surface area contributed by atoms with Crippen molar-refractivity contribution >= 4 is 15.9 Å². The fourth-order valence-electron chi connectivity index (χ4n) is 1.81. The zero-order valence-electron chi connectivity index (χ0n) is 9.62. The van der Waals surface area contributed by atoms with E-state index in [9.17, 15) is 13.9 Å². The van der Waals surface area contributed by atoms with Gasteiger partial charge >= 0.3 is 0 Å². The fraction of sp³-hybridized carbons (Fsp3) is 0.143. The monoisotopic (exact) mass is 312 g/mol. The van der Waals surface area contributed by atoms with Crippen molar-refractivity contribution in [1.29, 1.82) is 0 Å². The van der Waals surface area contributed by atoms with Crippen LogP contribution in [-0.4, -0.2) is 5.11 Å². The van der Waals surface area contributed by atoms with Gasteiger partial charge in [0.2, 0.25) is 0 Å². The van der Waals surface area contributed by atoms with Crippen LogP contribution in [0.4, 0.5) is 8.78 Å². The Kier molecular flexibility index (Phi) is 3.78. The van der Waals surface area contributed by atoms with Crippen LogP contribution in [0.25, 0.3) is 0 Å². The van der Waals surface area contributed by atoms with E-state index in [1.807, 2.05) is 13.0 Å². The third kappa shape index (κ3) is 2.60. The number of aliphatic hydroxyl groups excluding tert-OH is 1. The Balaban J connectivity index is 2.41. The van der Waals surface area contributed by atoms with Crippen molar-refractivity contribution in [1.82, 2.24) is 0 Å². The predicted octanol–water partition coefficient (Wildman–Crippen LogP) is 4.12. The number of rotatable bonds is 2. The molecule has 0 aliphatic rings. The van der Waals surface area contributed by atoms with Gasteiger partial charge in [0.1, 0.15) is 6.10 Å². The van der Waals surface area contributed by atoms with Crippen LogP contribution < -0.4 is 0 Å². The summed E-state index contributed by atoms with van der Waals surface area (Å²) >= 11 is 3.33. The second-order valence-corrected chi connectivity index (χ2v) is 4.99. The molecule has 1 nitrogen and oxygen atoms in total. The summed E-state index contributed by atoms with van der Waals surface area (Å²) in [5.74, 6) is -1.88. The summed E-state index contributed by atoms with van der Waals surface area (Å²) in [6, 6.07) is 8.82. The lowest BCUT2D eigenvalue weighted by atomic mass is 9.97. The predicted molar refractivity (Wildman–Crippen MR) is 69.3 cm³/mol. The first-order valence-corrected chi connectivity index (χ1v) is 6.17. The zero-order valence-corrected chi connectivity index (χ0v) is 11.2. The van der Waals surface area contributed by atoms with Gasteiger partial charge in [0, 0.05) is 4.47 Å². The van der Waals surface area contributed by atoms with Crippen LogP contribution in [0, 0.1) is 18.6 Å². The molecule has 4 heteroatoms. The standard InChI is InChI=1S/C14H11BrF2O/c1-8-6-10(15)3-4-11(8)14(18)9-2-5-12(16)13(17)7-9/h2-7,14,18H,1H3. The van der Waals surface area contributed by atoms with E-state index in [2.05, 4.69) is 15.9 Å². The van der Waals surface area contributed by atoms with Gasteiger partial charge in [-0.2, -0.15) is 0 Å². The van der Waals surface area contributed by atoms with Gasteiger partial charge in [-0.15, -0.1) is 0 Å². The Hall–Kier alpha value is -1.26. The summed E-state index contributed by atoms with van der Waals surface area (Å²) in [6.45, 7) is 1.85. The number of hydrogen-bond acceptors (Lipinski definition) is 1. The molecule has 0 aromatic heterocycles. The van der Waals surface area contributed by atoms with E-state index >= 15 is 0 Å². The largest absolute Gasteiger partial charge is 0.384 e. The minimum Gasteiger partial charge on any atom is -0.384 e. The summed E-state index contributed by atoms with van der Waals surface area (Å²) in [7, 11) is 0. The summed E-state index contributed by atoms with van der Waals surface area (Å²) in [4.78, 5) is 0. The molecule has 1 unspecified atom stereocenters. The number of hydrogen-bond donors (Lipinski definition) is 1. The van der Waals surface area contributed by atoms with Gasteiger partial charge < -0.3 is 5.11 Å². The van der Waals surface area contributed by atoms with Gasteiger partial charge in [0.05, 0.1) is 0 Å². The summed E-state index contributed by atoms with van der Waals surface area (Å²) in [5, 5.41) is 10.2. The molecule has 0 bridgehead atoms. The van der Waals surface area contributed by atoms with Gasteiger partial charge in [-0.25, -0.2) is 8.78 Å². The van der Waals surface area contributed by atoms with Crippen molar-refractivity contribution in [3.63, 3.8) is 0 Å². The summed E-state index contributed by atoms with van der Waals surface area (Å²) in [5.41, 5.74) is 1.88. The number of benzene rings is 2. The van der Waals surface area contributed by atoms with Crippen molar-refractivity contribution in [3.05, 3.63) is 69.2 Å². The molecule has 0 spiro atoms. The highest BCUT2D eigenvalue weighted by Crippen LogP contribution is 2.27. The first kappa shape index (κ1) is 13.2. The lowest BCUT2D eigenvalue weighted by molar-refractivity contribution is 0.218. The Morgan fingerprint density at radius 3 is 2.39 bits per heavy atom. The molecule has 0 aliphatic heterocycles. The van der Waals surface area contributed by atoms with Crippen molar-refractivity contribution < 1.29 is 13.9 Å². The number of aliphatic hydroxyl groups is 1. The molecule has 0 fully saturated rings. The Morgan fingerprint density at radius 1 is 1.06 bits per heavy atom. The first-order valence-electron chi connectivity index (χ1n) is 5.38. The molecule has 0 saturated carbocycles. The van der Waals surface area contributed by atoms with E-state index in [-0.39, 0.29) is 0 Å². The molecular formula is C14H11BrF2O. The van der Waals surface area contributed by atoms with Crippen molar-refractivity contribution in [3.8, 4) is 0 Å². The van der Waals surface area contributed by atoms with Gasteiger partial charge in [-0.05, 0) is 47.9 Å². The molecule has 0 amide bonds. The van der Waals surface area contributed by atoms with Crippen LogP contribution in [-0.2, 0) is 0 Å². The minimum atomic E-state index is -0.965. The quantitative estimate of drug-likeness (QED) is 0.884. The molecule has 2 aromatic carbocycles. The topological polar surface area (TPSA) is 20.2 Å². The molecule has 1 atom stereocenters. The zero-order chi connectivity index (χ0) is 13.3. The highest BCUT2D eigenvalue weighted by atomic mass is 79.9. The molecule has 2 aromatic rings. The molecule has 94 valence electrons. The average Bonchev–Trinajstić information content (AvgIpc) is 2.32. The van der Waals surface area contributed by atoms with E-state index in [0.717, 1.165) is 22.2 Å². The molecule has 18 heavy (non-hydrogen) atoms. The van der Waals surface area contributed by atoms with Crippen LogP contribution in [0.1, 0.15) is 22.8 Å². The Bertz CT molecular complexity index is 584. The lowest BCUT2D eigenvalue weighted by Crippen LogP contribution is -2.03. The lowest BCUT2D eigenvalue weighted by Gasteiger charge is -2.14. The maximum atomic E-state index is 13.1. The third-order valence-corrected chi connectivity index (χ3v) is 3.28. The van der Waals surface area contributed by atoms with E-state index in [1.54, 1.807) is 12.1 Å². The third-order valence-electron chi connectivity index (χ3n) is 2.79. The summed E-state index contributed by atoms with van der Waals surface area (Å²) < 4.78 is 26.9. The Labute approximate surface area is 112 Å². The van der Waals surface area contributed by atoms with Crippen LogP contribution in [0.3, 0.4) is 0 Å². The molecule has 2 rings (SSSR count). The average molecular weight is 313 g/mol. The second kappa shape index (κ2) is 5.16. The molecule has 1 N–H and O–H groups in total. The first-order chi connectivity index (χ1) is 8.49. The molecular weight excluding hydrogens is 302 g/mol. The van der Waals surface area contributed by atoms with E-state index in [1.165, 1.54) is 6.07 Å². The van der Waals surface area contributed by atoms with Crippen LogP contribution in [0.15, 0.2) is 40.9 Å². The molecule has 0 heterocycles. The van der Waals surface area contributed by atoms with Crippen molar-refractivity contribution in [2.45, 2.75) is 13.0 Å². The maximum absolute atomic E-state index is 13.1. The Morgan fingerprint density at radius 2 is 1.78 bits per heavy atom. The van der Waals surface area contributed by atoms with Gasteiger partial charge in [0.15, 0.2) is 11.6 Å². The molecule has 0 saturated heterocycles. The number of aryl methyl sites for hydroxylation is 1. The van der Waals surface area contributed by atoms with Crippen LogP contribution in [0.5, 0.6) is 0 Å². The highest BCUT2D eigenvalue weighted by Gasteiger charge is 2.15. The normalized spacial score (nSPS) is 12.5. The van der Waals surface area contributed by atoms with E-state index in [4.69, 9.17) is 0 Å². The second-order valence-electron chi connectivity index (χ2n) is 4.08. The summed E-state index contributed by atoms with van der Waals surface area (Å²) in [6.07, 6.45) is -0.965.